The molecule has 0 aliphatic heterocycles. The number of methoxy groups -OCH3 is 1. The first-order chi connectivity index (χ1) is 7.13. The molecule has 82 valence electrons. The van der Waals surface area contributed by atoms with Gasteiger partial charge in [0.15, 0.2) is 0 Å². The van der Waals surface area contributed by atoms with E-state index in [1.54, 1.807) is 7.11 Å². The predicted molar refractivity (Wildman–Crippen MR) is 67.7 cm³/mol. The van der Waals surface area contributed by atoms with Crippen molar-refractivity contribution in [3.8, 4) is 5.75 Å². The second-order valence-electron chi connectivity index (χ2n) is 2.82. The highest BCUT2D eigenvalue weighted by Crippen LogP contribution is 2.27. The molecule has 0 spiro atoms. The van der Waals surface area contributed by atoms with Gasteiger partial charge < -0.3 is 4.74 Å². The van der Waals surface area contributed by atoms with Gasteiger partial charge in [0.1, 0.15) is 5.75 Å². The number of thioether (sulfide) groups is 1. The van der Waals surface area contributed by atoms with E-state index in [0.717, 1.165) is 21.5 Å². The van der Waals surface area contributed by atoms with E-state index in [2.05, 4.69) is 15.9 Å². The molecule has 1 aromatic rings. The van der Waals surface area contributed by atoms with Gasteiger partial charge in [-0.2, -0.15) is 0 Å². The Morgan fingerprint density at radius 3 is 2.93 bits per heavy atom. The molecule has 0 bridgehead atoms. The van der Waals surface area contributed by atoms with Gasteiger partial charge in [0, 0.05) is 5.75 Å². The Morgan fingerprint density at radius 1 is 1.60 bits per heavy atom. The van der Waals surface area contributed by atoms with Crippen LogP contribution in [0.25, 0.3) is 0 Å². The maximum absolute atomic E-state index is 10.5. The summed E-state index contributed by atoms with van der Waals surface area (Å²) in [5.41, 5.74) is 1.11. The number of halogens is 2. The molecule has 0 amide bonds. The number of carbonyl (C=O) groups is 1. The zero-order valence-corrected chi connectivity index (χ0v) is 11.3. The minimum absolute atomic E-state index is 0.316. The Hall–Kier alpha value is -0.190. The van der Waals surface area contributed by atoms with Gasteiger partial charge in [0.05, 0.1) is 17.3 Å². The van der Waals surface area contributed by atoms with Crippen LogP contribution in [0.15, 0.2) is 22.7 Å². The third-order valence-corrected chi connectivity index (χ3v) is 3.65. The van der Waals surface area contributed by atoms with Crippen molar-refractivity contribution in [2.24, 2.45) is 0 Å². The van der Waals surface area contributed by atoms with Crippen LogP contribution in [-0.2, 0) is 10.5 Å². The topological polar surface area (TPSA) is 26.3 Å². The summed E-state index contributed by atoms with van der Waals surface area (Å²) in [4.78, 5) is 10.5. The molecule has 0 aliphatic rings. The van der Waals surface area contributed by atoms with Gasteiger partial charge in [-0.15, -0.1) is 11.8 Å². The molecule has 1 rings (SSSR count). The van der Waals surface area contributed by atoms with Crippen molar-refractivity contribution in [1.29, 1.82) is 0 Å². The first-order valence-corrected chi connectivity index (χ1v) is 6.54. The van der Waals surface area contributed by atoms with Gasteiger partial charge in [-0.05, 0) is 45.2 Å². The van der Waals surface area contributed by atoms with Crippen molar-refractivity contribution >= 4 is 44.5 Å². The van der Waals surface area contributed by atoms with E-state index in [0.29, 0.717) is 5.75 Å². The molecule has 0 radical (unpaired) electrons. The van der Waals surface area contributed by atoms with Crippen molar-refractivity contribution in [2.75, 3.05) is 12.9 Å². The zero-order chi connectivity index (χ0) is 11.3. The fourth-order valence-electron chi connectivity index (χ4n) is 1.04. The first kappa shape index (κ1) is 12.9. The maximum Gasteiger partial charge on any atom is 0.231 e. The Labute approximate surface area is 106 Å². The third-order valence-electron chi connectivity index (χ3n) is 1.70. The second-order valence-corrected chi connectivity index (χ2v) is 5.08. The highest BCUT2D eigenvalue weighted by molar-refractivity contribution is 9.10. The van der Waals surface area contributed by atoms with Crippen LogP contribution >= 0.6 is 39.3 Å². The van der Waals surface area contributed by atoms with Crippen molar-refractivity contribution in [2.45, 2.75) is 5.75 Å². The molecule has 0 N–H and O–H groups in total. The number of rotatable bonds is 5. The molecule has 2 nitrogen and oxygen atoms in total. The van der Waals surface area contributed by atoms with Crippen LogP contribution in [0, 0.1) is 0 Å². The van der Waals surface area contributed by atoms with Crippen molar-refractivity contribution in [3.05, 3.63) is 28.2 Å². The lowest BCUT2D eigenvalue weighted by Crippen LogP contribution is -1.92. The van der Waals surface area contributed by atoms with Crippen molar-refractivity contribution in [1.82, 2.24) is 0 Å². The SMILES string of the molecule is COc1cc(CSCC(=O)Cl)ccc1Br. The number of hydrogen-bond donors (Lipinski definition) is 0. The molecule has 0 aliphatic carbocycles. The Morgan fingerprint density at radius 2 is 2.33 bits per heavy atom. The second kappa shape index (κ2) is 6.40. The van der Waals surface area contributed by atoms with Gasteiger partial charge in [0.25, 0.3) is 0 Å². The van der Waals surface area contributed by atoms with Gasteiger partial charge in [-0.3, -0.25) is 4.79 Å². The summed E-state index contributed by atoms with van der Waals surface area (Å²) in [6, 6.07) is 5.85. The smallest absolute Gasteiger partial charge is 0.231 e. The fraction of sp³-hybridized carbons (Fsp3) is 0.300. The summed E-state index contributed by atoms with van der Waals surface area (Å²) in [5, 5.41) is -0.316. The molecule has 0 saturated heterocycles. The van der Waals surface area contributed by atoms with Gasteiger partial charge in [0.2, 0.25) is 5.24 Å². The van der Waals surface area contributed by atoms with Crippen LogP contribution in [0.5, 0.6) is 5.75 Å². The highest BCUT2D eigenvalue weighted by atomic mass is 79.9. The van der Waals surface area contributed by atoms with E-state index in [9.17, 15) is 4.79 Å². The summed E-state index contributed by atoms with van der Waals surface area (Å²) in [6.45, 7) is 0. The van der Waals surface area contributed by atoms with Gasteiger partial charge in [-0.25, -0.2) is 0 Å². The Kier molecular flexibility index (Phi) is 5.50. The van der Waals surface area contributed by atoms with Crippen LogP contribution in [0.3, 0.4) is 0 Å². The molecule has 0 heterocycles. The predicted octanol–water partition coefficient (Wildman–Crippen LogP) is 3.46. The minimum Gasteiger partial charge on any atom is -0.496 e. The molecular formula is C10H10BrClO2S. The average molecular weight is 310 g/mol. The lowest BCUT2D eigenvalue weighted by atomic mass is 10.2. The summed E-state index contributed by atoms with van der Waals surface area (Å²) in [7, 11) is 1.62. The molecule has 0 aromatic heterocycles. The van der Waals surface area contributed by atoms with Crippen LogP contribution < -0.4 is 4.74 Å². The third kappa shape index (κ3) is 4.45. The van der Waals surface area contributed by atoms with Crippen molar-refractivity contribution in [3.63, 3.8) is 0 Å². The number of carbonyl (C=O) groups excluding carboxylic acids is 1. The van der Waals surface area contributed by atoms with E-state index in [-0.39, 0.29) is 5.24 Å². The molecule has 5 heteroatoms. The lowest BCUT2D eigenvalue weighted by molar-refractivity contribution is -0.109. The molecule has 0 fully saturated rings. The minimum atomic E-state index is -0.316. The van der Waals surface area contributed by atoms with Crippen LogP contribution in [0.1, 0.15) is 5.56 Å². The molecule has 0 saturated carbocycles. The quantitative estimate of drug-likeness (QED) is 0.779. The van der Waals surface area contributed by atoms with Gasteiger partial charge in [-0.1, -0.05) is 6.07 Å². The van der Waals surface area contributed by atoms with Crippen LogP contribution in [-0.4, -0.2) is 18.1 Å². The normalized spacial score (nSPS) is 10.1. The number of benzene rings is 1. The maximum atomic E-state index is 10.5. The van der Waals surface area contributed by atoms with Crippen LogP contribution in [0.4, 0.5) is 0 Å². The van der Waals surface area contributed by atoms with E-state index >= 15 is 0 Å². The van der Waals surface area contributed by atoms with Gasteiger partial charge >= 0.3 is 0 Å². The molecule has 0 atom stereocenters. The molecular weight excluding hydrogens is 300 g/mol. The molecule has 1 aromatic carbocycles. The zero-order valence-electron chi connectivity index (χ0n) is 8.13. The number of hydrogen-bond acceptors (Lipinski definition) is 3. The molecule has 0 unspecified atom stereocenters. The van der Waals surface area contributed by atoms with Crippen LogP contribution in [0.2, 0.25) is 0 Å². The van der Waals surface area contributed by atoms with E-state index < -0.39 is 0 Å². The largest absolute Gasteiger partial charge is 0.496 e. The lowest BCUT2D eigenvalue weighted by Gasteiger charge is -2.05. The van der Waals surface area contributed by atoms with Crippen molar-refractivity contribution < 1.29 is 9.53 Å². The Balaban J connectivity index is 2.58. The standard InChI is InChI=1S/C10H10BrClO2S/c1-14-9-4-7(2-3-8(9)11)5-15-6-10(12)13/h2-4H,5-6H2,1H3. The average Bonchev–Trinajstić information content (AvgIpc) is 2.20. The summed E-state index contributed by atoms with van der Waals surface area (Å²) in [5.74, 6) is 1.88. The fourth-order valence-corrected chi connectivity index (χ4v) is 2.36. The summed E-state index contributed by atoms with van der Waals surface area (Å²) in [6.07, 6.45) is 0. The highest BCUT2D eigenvalue weighted by Gasteiger charge is 2.02. The van der Waals surface area contributed by atoms with E-state index in [1.165, 1.54) is 11.8 Å². The summed E-state index contributed by atoms with van der Waals surface area (Å²) >= 11 is 10.1. The summed E-state index contributed by atoms with van der Waals surface area (Å²) < 4.78 is 6.09. The number of ether oxygens (including phenoxy) is 1. The Bertz CT molecular complexity index is 357. The monoisotopic (exact) mass is 308 g/mol. The molecule has 15 heavy (non-hydrogen) atoms. The van der Waals surface area contributed by atoms with E-state index in [4.69, 9.17) is 16.3 Å². The van der Waals surface area contributed by atoms with E-state index in [1.807, 2.05) is 18.2 Å². The first-order valence-electron chi connectivity index (χ1n) is 4.22.